The van der Waals surface area contributed by atoms with Crippen LogP contribution in [0, 0.1) is 0 Å². The lowest BCUT2D eigenvalue weighted by atomic mass is 10.2. The van der Waals surface area contributed by atoms with Crippen LogP contribution in [0.3, 0.4) is 0 Å². The number of aromatic amines is 1. The Labute approximate surface area is 115 Å². The lowest BCUT2D eigenvalue weighted by Crippen LogP contribution is -2.23. The monoisotopic (exact) mass is 264 g/mol. The quantitative estimate of drug-likeness (QED) is 0.564. The topological polar surface area (TPSA) is 62.0 Å². The molecule has 0 radical (unpaired) electrons. The van der Waals surface area contributed by atoms with Gasteiger partial charge in [-0.15, -0.1) is 0 Å². The number of benzene rings is 2. The van der Waals surface area contributed by atoms with Crippen molar-refractivity contribution in [3.05, 3.63) is 66.4 Å². The molecular weight excluding hydrogens is 252 g/mol. The van der Waals surface area contributed by atoms with E-state index in [9.17, 15) is 9.59 Å². The van der Waals surface area contributed by atoms with E-state index < -0.39 is 11.7 Å². The summed E-state index contributed by atoms with van der Waals surface area (Å²) < 4.78 is 0. The molecular formula is C16H12N2O2. The van der Waals surface area contributed by atoms with E-state index in [1.54, 1.807) is 30.3 Å². The van der Waals surface area contributed by atoms with Gasteiger partial charge in [-0.3, -0.25) is 9.59 Å². The minimum atomic E-state index is -0.650. The molecule has 1 aromatic heterocycles. The van der Waals surface area contributed by atoms with Gasteiger partial charge in [0.2, 0.25) is 0 Å². The summed E-state index contributed by atoms with van der Waals surface area (Å²) in [4.78, 5) is 26.9. The van der Waals surface area contributed by atoms with Crippen molar-refractivity contribution >= 4 is 28.3 Å². The van der Waals surface area contributed by atoms with Gasteiger partial charge in [0.15, 0.2) is 0 Å². The molecule has 0 atom stereocenters. The number of nitrogens with one attached hydrogen (secondary N) is 2. The Kier molecular flexibility index (Phi) is 3.05. The Bertz CT molecular complexity index is 742. The molecule has 0 aliphatic heterocycles. The number of hydrogen-bond donors (Lipinski definition) is 2. The van der Waals surface area contributed by atoms with Gasteiger partial charge in [-0.25, -0.2) is 0 Å². The summed E-state index contributed by atoms with van der Waals surface area (Å²) in [5, 5.41) is 3.48. The van der Waals surface area contributed by atoms with Crippen LogP contribution >= 0.6 is 0 Å². The summed E-state index contributed by atoms with van der Waals surface area (Å²) in [5.74, 6) is -1.23. The van der Waals surface area contributed by atoms with Gasteiger partial charge in [0.1, 0.15) is 0 Å². The van der Waals surface area contributed by atoms with Crippen molar-refractivity contribution in [3.8, 4) is 0 Å². The van der Waals surface area contributed by atoms with Gasteiger partial charge in [0.05, 0.1) is 5.69 Å². The highest BCUT2D eigenvalue weighted by molar-refractivity contribution is 6.46. The molecule has 1 amide bonds. The zero-order valence-corrected chi connectivity index (χ0v) is 10.6. The number of carbonyl (C=O) groups excluding carboxylic acids is 2. The molecule has 20 heavy (non-hydrogen) atoms. The molecule has 3 aromatic rings. The lowest BCUT2D eigenvalue weighted by Gasteiger charge is -2.02. The zero-order valence-electron chi connectivity index (χ0n) is 10.6. The molecule has 98 valence electrons. The van der Waals surface area contributed by atoms with E-state index >= 15 is 0 Å². The predicted octanol–water partition coefficient (Wildman–Crippen LogP) is 2.99. The maximum absolute atomic E-state index is 12.1. The third kappa shape index (κ3) is 2.31. The number of aromatic nitrogens is 1. The average Bonchev–Trinajstić information content (AvgIpc) is 2.91. The van der Waals surface area contributed by atoms with E-state index in [1.165, 1.54) is 0 Å². The number of carbonyl (C=O) groups is 2. The van der Waals surface area contributed by atoms with Crippen molar-refractivity contribution < 1.29 is 9.59 Å². The van der Waals surface area contributed by atoms with Crippen LogP contribution in [0.2, 0.25) is 0 Å². The Balaban J connectivity index is 1.83. The maximum Gasteiger partial charge on any atom is 0.298 e. The molecule has 0 bridgehead atoms. The molecule has 0 saturated carbocycles. The van der Waals surface area contributed by atoms with E-state index in [0.717, 1.165) is 10.9 Å². The van der Waals surface area contributed by atoms with E-state index in [1.807, 2.05) is 30.3 Å². The van der Waals surface area contributed by atoms with Crippen molar-refractivity contribution in [1.82, 2.24) is 4.98 Å². The van der Waals surface area contributed by atoms with Gasteiger partial charge >= 0.3 is 0 Å². The van der Waals surface area contributed by atoms with Crippen LogP contribution in [0.4, 0.5) is 5.69 Å². The number of fused-ring (bicyclic) bond motifs is 1. The number of Topliss-reactive ketones (excluding diaryl/α,β-unsaturated/α-hetero) is 1. The van der Waals surface area contributed by atoms with Crippen LogP contribution < -0.4 is 5.32 Å². The molecule has 0 fully saturated rings. The van der Waals surface area contributed by atoms with Crippen molar-refractivity contribution in [2.45, 2.75) is 0 Å². The first kappa shape index (κ1) is 12.2. The van der Waals surface area contributed by atoms with Gasteiger partial charge in [-0.1, -0.05) is 36.4 Å². The number of ketones is 1. The first-order chi connectivity index (χ1) is 9.74. The number of amides is 1. The molecule has 0 saturated heterocycles. The molecule has 0 unspecified atom stereocenters. The fraction of sp³-hybridized carbons (Fsp3) is 0. The average molecular weight is 264 g/mol. The second-order valence-corrected chi connectivity index (χ2v) is 4.42. The van der Waals surface area contributed by atoms with Crippen molar-refractivity contribution in [2.75, 3.05) is 5.32 Å². The van der Waals surface area contributed by atoms with E-state index in [4.69, 9.17) is 0 Å². The fourth-order valence-electron chi connectivity index (χ4n) is 2.03. The number of anilines is 1. The Morgan fingerprint density at radius 2 is 1.60 bits per heavy atom. The fourth-order valence-corrected chi connectivity index (χ4v) is 2.03. The van der Waals surface area contributed by atoms with E-state index in [0.29, 0.717) is 11.4 Å². The standard InChI is InChI=1S/C16H12N2O2/c19-15(16(20)17-12-7-2-1-3-8-12)14-10-11-6-4-5-9-13(11)18-14/h1-10,18H,(H,17,20). The zero-order chi connectivity index (χ0) is 13.9. The Hall–Kier alpha value is -2.88. The van der Waals surface area contributed by atoms with Crippen LogP contribution in [0.5, 0.6) is 0 Å². The van der Waals surface area contributed by atoms with Crippen molar-refractivity contribution in [1.29, 1.82) is 0 Å². The number of H-pyrrole nitrogens is 1. The Morgan fingerprint density at radius 1 is 0.900 bits per heavy atom. The van der Waals surface area contributed by atoms with Gasteiger partial charge in [-0.2, -0.15) is 0 Å². The molecule has 0 spiro atoms. The predicted molar refractivity (Wildman–Crippen MR) is 77.7 cm³/mol. The highest BCUT2D eigenvalue weighted by Gasteiger charge is 2.18. The summed E-state index contributed by atoms with van der Waals surface area (Å²) in [7, 11) is 0. The highest BCUT2D eigenvalue weighted by atomic mass is 16.2. The number of hydrogen-bond acceptors (Lipinski definition) is 2. The van der Waals surface area contributed by atoms with Gasteiger partial charge in [0.25, 0.3) is 11.7 Å². The molecule has 2 N–H and O–H groups in total. The van der Waals surface area contributed by atoms with Crippen molar-refractivity contribution in [2.24, 2.45) is 0 Å². The molecule has 1 heterocycles. The molecule has 4 nitrogen and oxygen atoms in total. The minimum Gasteiger partial charge on any atom is -0.352 e. The number of rotatable bonds is 3. The summed E-state index contributed by atoms with van der Waals surface area (Å²) in [6, 6.07) is 18.1. The smallest absolute Gasteiger partial charge is 0.298 e. The maximum atomic E-state index is 12.1. The largest absolute Gasteiger partial charge is 0.352 e. The lowest BCUT2D eigenvalue weighted by molar-refractivity contribution is -0.112. The molecule has 3 rings (SSSR count). The van der Waals surface area contributed by atoms with E-state index in [2.05, 4.69) is 10.3 Å². The molecule has 2 aromatic carbocycles. The summed E-state index contributed by atoms with van der Waals surface area (Å²) in [6.07, 6.45) is 0. The second-order valence-electron chi connectivity index (χ2n) is 4.42. The molecule has 0 aliphatic carbocycles. The SMILES string of the molecule is O=C(Nc1ccccc1)C(=O)c1cc2ccccc2[nH]1. The van der Waals surface area contributed by atoms with Gasteiger partial charge < -0.3 is 10.3 Å². The third-order valence-corrected chi connectivity index (χ3v) is 3.01. The minimum absolute atomic E-state index is 0.291. The van der Waals surface area contributed by atoms with Crippen LogP contribution in [-0.2, 0) is 4.79 Å². The summed E-state index contributed by atoms with van der Waals surface area (Å²) >= 11 is 0. The van der Waals surface area contributed by atoms with Crippen molar-refractivity contribution in [3.63, 3.8) is 0 Å². The van der Waals surface area contributed by atoms with Crippen LogP contribution in [0.1, 0.15) is 10.5 Å². The molecule has 4 heteroatoms. The van der Waals surface area contributed by atoms with Crippen LogP contribution in [0.25, 0.3) is 10.9 Å². The third-order valence-electron chi connectivity index (χ3n) is 3.01. The van der Waals surface area contributed by atoms with Crippen LogP contribution in [0.15, 0.2) is 60.7 Å². The van der Waals surface area contributed by atoms with Crippen LogP contribution in [-0.4, -0.2) is 16.7 Å². The number of para-hydroxylation sites is 2. The van der Waals surface area contributed by atoms with Gasteiger partial charge in [-0.05, 0) is 24.3 Å². The second kappa shape index (κ2) is 5.01. The first-order valence-corrected chi connectivity index (χ1v) is 6.22. The normalized spacial score (nSPS) is 10.4. The highest BCUT2D eigenvalue weighted by Crippen LogP contribution is 2.15. The van der Waals surface area contributed by atoms with E-state index in [-0.39, 0.29) is 0 Å². The first-order valence-electron chi connectivity index (χ1n) is 6.22. The summed E-state index contributed by atoms with van der Waals surface area (Å²) in [6.45, 7) is 0. The Morgan fingerprint density at radius 3 is 2.35 bits per heavy atom. The summed E-state index contributed by atoms with van der Waals surface area (Å²) in [5.41, 5.74) is 1.73. The van der Waals surface area contributed by atoms with Gasteiger partial charge in [0, 0.05) is 16.6 Å². The molecule has 0 aliphatic rings.